The molecule has 0 atom stereocenters. The van der Waals surface area contributed by atoms with Crippen molar-refractivity contribution in [2.24, 2.45) is 0 Å². The van der Waals surface area contributed by atoms with Gasteiger partial charge in [-0.2, -0.15) is 0 Å². The van der Waals surface area contributed by atoms with E-state index in [9.17, 15) is 8.42 Å². The van der Waals surface area contributed by atoms with Crippen LogP contribution in [0.3, 0.4) is 0 Å². The molecule has 0 aromatic heterocycles. The molecular weight excluding hydrogens is 330 g/mol. The highest BCUT2D eigenvalue weighted by molar-refractivity contribution is 7.89. The van der Waals surface area contributed by atoms with E-state index in [1.54, 1.807) is 30.3 Å². The highest BCUT2D eigenvalue weighted by Crippen LogP contribution is 2.15. The Balaban J connectivity index is 1.98. The molecule has 23 heavy (non-hydrogen) atoms. The van der Waals surface area contributed by atoms with Gasteiger partial charge in [0, 0.05) is 11.6 Å². The number of sulfonamides is 1. The third kappa shape index (κ3) is 5.65. The number of unbranched alkanes of at least 4 members (excludes halogenated alkanes) is 2. The van der Waals surface area contributed by atoms with Crippen LogP contribution in [0.1, 0.15) is 37.3 Å². The molecule has 0 radical (unpaired) electrons. The molecule has 0 spiro atoms. The van der Waals surface area contributed by atoms with Crippen molar-refractivity contribution in [1.29, 1.82) is 0 Å². The summed E-state index contributed by atoms with van der Waals surface area (Å²) in [6, 6.07) is 14.3. The molecular formula is C18H22ClNO2S. The minimum Gasteiger partial charge on any atom is -0.207 e. The lowest BCUT2D eigenvalue weighted by molar-refractivity contribution is 0.581. The Bertz CT molecular complexity index is 727. The van der Waals surface area contributed by atoms with Gasteiger partial charge in [0.1, 0.15) is 0 Å². The second-order valence-electron chi connectivity index (χ2n) is 5.56. The zero-order valence-electron chi connectivity index (χ0n) is 13.3. The number of rotatable bonds is 8. The van der Waals surface area contributed by atoms with Crippen molar-refractivity contribution in [3.63, 3.8) is 0 Å². The van der Waals surface area contributed by atoms with Crippen LogP contribution in [0.5, 0.6) is 0 Å². The fourth-order valence-corrected chi connectivity index (χ4v) is 3.55. The molecule has 2 rings (SSSR count). The van der Waals surface area contributed by atoms with Crippen LogP contribution in [-0.2, 0) is 23.0 Å². The predicted octanol–water partition coefficient (Wildman–Crippen LogP) is 4.55. The van der Waals surface area contributed by atoms with Gasteiger partial charge >= 0.3 is 0 Å². The van der Waals surface area contributed by atoms with Crippen LogP contribution < -0.4 is 4.72 Å². The molecule has 2 aromatic carbocycles. The molecule has 3 nitrogen and oxygen atoms in total. The molecule has 0 unspecified atom stereocenters. The number of hydrogen-bond donors (Lipinski definition) is 1. The molecule has 0 saturated heterocycles. The van der Waals surface area contributed by atoms with Gasteiger partial charge in [0.25, 0.3) is 0 Å². The van der Waals surface area contributed by atoms with Crippen molar-refractivity contribution < 1.29 is 8.42 Å². The van der Waals surface area contributed by atoms with Crippen LogP contribution in [0.2, 0.25) is 5.02 Å². The highest BCUT2D eigenvalue weighted by atomic mass is 35.5. The van der Waals surface area contributed by atoms with E-state index in [4.69, 9.17) is 11.6 Å². The molecule has 124 valence electrons. The Hall–Kier alpha value is -1.36. The normalized spacial score (nSPS) is 11.6. The minimum atomic E-state index is -3.51. The summed E-state index contributed by atoms with van der Waals surface area (Å²) in [5, 5.41) is 0.595. The van der Waals surface area contributed by atoms with Crippen molar-refractivity contribution >= 4 is 21.6 Å². The standard InChI is InChI=1S/C18H22ClNO2S/c1-2-3-4-6-15-9-11-18(12-10-15)23(21,22)20-14-16-7-5-8-17(19)13-16/h5,7-13,20H,2-4,6,14H2,1H3. The molecule has 2 aromatic rings. The summed E-state index contributed by atoms with van der Waals surface area (Å²) in [5.74, 6) is 0. The molecule has 5 heteroatoms. The van der Waals surface area contributed by atoms with Crippen LogP contribution in [-0.4, -0.2) is 8.42 Å². The van der Waals surface area contributed by atoms with Crippen LogP contribution in [0.25, 0.3) is 0 Å². The van der Waals surface area contributed by atoms with E-state index in [-0.39, 0.29) is 6.54 Å². The molecule has 0 aliphatic rings. The number of halogens is 1. The van der Waals surface area contributed by atoms with Crippen molar-refractivity contribution in [3.8, 4) is 0 Å². The highest BCUT2D eigenvalue weighted by Gasteiger charge is 2.13. The molecule has 0 amide bonds. The third-order valence-corrected chi connectivity index (χ3v) is 5.31. The maximum absolute atomic E-state index is 12.3. The van der Waals surface area contributed by atoms with Gasteiger partial charge in [-0.25, -0.2) is 13.1 Å². The molecule has 0 bridgehead atoms. The smallest absolute Gasteiger partial charge is 0.207 e. The lowest BCUT2D eigenvalue weighted by Gasteiger charge is -2.08. The van der Waals surface area contributed by atoms with E-state index in [1.807, 2.05) is 18.2 Å². The third-order valence-electron chi connectivity index (χ3n) is 3.66. The first kappa shape index (κ1) is 18.0. The van der Waals surface area contributed by atoms with E-state index in [2.05, 4.69) is 11.6 Å². The van der Waals surface area contributed by atoms with Gasteiger partial charge in [0.05, 0.1) is 4.90 Å². The van der Waals surface area contributed by atoms with E-state index < -0.39 is 10.0 Å². The number of hydrogen-bond acceptors (Lipinski definition) is 2. The monoisotopic (exact) mass is 351 g/mol. The molecule has 0 fully saturated rings. The van der Waals surface area contributed by atoms with Crippen LogP contribution in [0.15, 0.2) is 53.4 Å². The summed E-state index contributed by atoms with van der Waals surface area (Å²) in [6.45, 7) is 2.39. The summed E-state index contributed by atoms with van der Waals surface area (Å²) in [4.78, 5) is 0.291. The Kier molecular flexibility index (Phi) is 6.63. The van der Waals surface area contributed by atoms with E-state index in [0.717, 1.165) is 18.4 Å². The zero-order valence-corrected chi connectivity index (χ0v) is 14.8. The first-order valence-corrected chi connectivity index (χ1v) is 9.70. The molecule has 0 heterocycles. The second-order valence-corrected chi connectivity index (χ2v) is 7.76. The Morgan fingerprint density at radius 2 is 1.74 bits per heavy atom. The fourth-order valence-electron chi connectivity index (χ4n) is 2.32. The van der Waals surface area contributed by atoms with Crippen molar-refractivity contribution in [1.82, 2.24) is 4.72 Å². The van der Waals surface area contributed by atoms with E-state index in [0.29, 0.717) is 9.92 Å². The molecule has 0 aliphatic heterocycles. The summed E-state index contributed by atoms with van der Waals surface area (Å²) in [5.41, 5.74) is 2.00. The predicted molar refractivity (Wildman–Crippen MR) is 95.1 cm³/mol. The molecule has 1 N–H and O–H groups in total. The topological polar surface area (TPSA) is 46.2 Å². The minimum absolute atomic E-state index is 0.223. The summed E-state index contributed by atoms with van der Waals surface area (Å²) in [7, 11) is -3.51. The molecule has 0 saturated carbocycles. The first-order chi connectivity index (χ1) is 11.0. The number of aryl methyl sites for hydroxylation is 1. The Morgan fingerprint density at radius 3 is 2.39 bits per heavy atom. The van der Waals surface area contributed by atoms with Crippen LogP contribution in [0.4, 0.5) is 0 Å². The lowest BCUT2D eigenvalue weighted by Crippen LogP contribution is -2.23. The number of benzene rings is 2. The van der Waals surface area contributed by atoms with Crippen molar-refractivity contribution in [3.05, 3.63) is 64.7 Å². The van der Waals surface area contributed by atoms with Gasteiger partial charge in [-0.15, -0.1) is 0 Å². The average molecular weight is 352 g/mol. The van der Waals surface area contributed by atoms with Gasteiger partial charge < -0.3 is 0 Å². The maximum Gasteiger partial charge on any atom is 0.240 e. The fraction of sp³-hybridized carbons (Fsp3) is 0.333. The largest absolute Gasteiger partial charge is 0.240 e. The number of nitrogens with one attached hydrogen (secondary N) is 1. The van der Waals surface area contributed by atoms with Crippen molar-refractivity contribution in [2.45, 2.75) is 44.0 Å². The van der Waals surface area contributed by atoms with Gasteiger partial charge in [-0.05, 0) is 48.2 Å². The van der Waals surface area contributed by atoms with E-state index >= 15 is 0 Å². The summed E-state index contributed by atoms with van der Waals surface area (Å²) in [6.07, 6.45) is 4.50. The Labute approximate surface area is 143 Å². The van der Waals surface area contributed by atoms with Crippen LogP contribution >= 0.6 is 11.6 Å². The van der Waals surface area contributed by atoms with Gasteiger partial charge in [0.15, 0.2) is 0 Å². The van der Waals surface area contributed by atoms with Gasteiger partial charge in [0.2, 0.25) is 10.0 Å². The van der Waals surface area contributed by atoms with Crippen molar-refractivity contribution in [2.75, 3.05) is 0 Å². The lowest BCUT2D eigenvalue weighted by atomic mass is 10.1. The van der Waals surface area contributed by atoms with Gasteiger partial charge in [-0.1, -0.05) is 55.6 Å². The molecule has 0 aliphatic carbocycles. The average Bonchev–Trinajstić information content (AvgIpc) is 2.54. The zero-order chi connectivity index (χ0) is 16.7. The summed E-state index contributed by atoms with van der Waals surface area (Å²) < 4.78 is 27.2. The second kappa shape index (κ2) is 8.48. The first-order valence-electron chi connectivity index (χ1n) is 7.84. The maximum atomic E-state index is 12.3. The quantitative estimate of drug-likeness (QED) is 0.709. The SMILES string of the molecule is CCCCCc1ccc(S(=O)(=O)NCc2cccc(Cl)c2)cc1. The van der Waals surface area contributed by atoms with Crippen LogP contribution in [0, 0.1) is 0 Å². The summed E-state index contributed by atoms with van der Waals surface area (Å²) >= 11 is 5.90. The Morgan fingerprint density at radius 1 is 1.00 bits per heavy atom. The van der Waals surface area contributed by atoms with E-state index in [1.165, 1.54) is 18.4 Å². The van der Waals surface area contributed by atoms with Gasteiger partial charge in [-0.3, -0.25) is 0 Å².